The summed E-state index contributed by atoms with van der Waals surface area (Å²) in [6, 6.07) is 8.83. The van der Waals surface area contributed by atoms with Crippen molar-refractivity contribution in [1.29, 1.82) is 0 Å². The number of rotatable bonds is 6. The van der Waals surface area contributed by atoms with Gasteiger partial charge in [-0.3, -0.25) is 9.59 Å². The van der Waals surface area contributed by atoms with Crippen molar-refractivity contribution in [1.82, 2.24) is 10.3 Å². The highest BCUT2D eigenvalue weighted by molar-refractivity contribution is 6.43. The predicted octanol–water partition coefficient (Wildman–Crippen LogP) is 2.87. The number of esters is 1. The van der Waals surface area contributed by atoms with Gasteiger partial charge in [-0.25, -0.2) is 4.79 Å². The summed E-state index contributed by atoms with van der Waals surface area (Å²) < 4.78 is 5.12. The fourth-order valence-electron chi connectivity index (χ4n) is 2.59. The molecule has 0 aliphatic carbocycles. The number of aromatic amines is 1. The summed E-state index contributed by atoms with van der Waals surface area (Å²) >= 11 is 0. The maximum atomic E-state index is 12.6. The number of aryl methyl sites for hydroxylation is 1. The molecule has 0 saturated heterocycles. The van der Waals surface area contributed by atoms with Gasteiger partial charge in [0, 0.05) is 17.3 Å². The highest BCUT2D eigenvalue weighted by Crippen LogP contribution is 2.31. The number of carbonyl (C=O) groups excluding carboxylic acids is 3. The van der Waals surface area contributed by atoms with E-state index in [1.165, 1.54) is 0 Å². The topological polar surface area (TPSA) is 88.3 Å². The number of amides is 1. The largest absolute Gasteiger partial charge is 0.462 e. The third-order valence-electron chi connectivity index (χ3n) is 3.58. The molecule has 25 heavy (non-hydrogen) atoms. The summed E-state index contributed by atoms with van der Waals surface area (Å²) in [5.41, 5.74) is 1.90. The average molecular weight is 342 g/mol. The second-order valence-electron chi connectivity index (χ2n) is 5.92. The third kappa shape index (κ3) is 3.96. The number of hydrogen-bond donors (Lipinski definition) is 2. The molecule has 132 valence electrons. The second-order valence-corrected chi connectivity index (χ2v) is 5.92. The van der Waals surface area contributed by atoms with Crippen LogP contribution >= 0.6 is 0 Å². The van der Waals surface area contributed by atoms with E-state index < -0.39 is 17.7 Å². The van der Waals surface area contributed by atoms with Gasteiger partial charge in [-0.1, -0.05) is 30.3 Å². The standard InChI is InChI=1S/C19H22N2O4/c1-5-25-19(24)14-12(4)21-16(17(22)18(23)20-11(2)3)15(14)13-9-7-6-8-10-13/h6-11,21H,5H2,1-4H3,(H,20,23). The van der Waals surface area contributed by atoms with Gasteiger partial charge in [0.1, 0.15) is 5.69 Å². The van der Waals surface area contributed by atoms with E-state index in [0.29, 0.717) is 16.8 Å². The van der Waals surface area contributed by atoms with E-state index in [-0.39, 0.29) is 23.9 Å². The van der Waals surface area contributed by atoms with Crippen molar-refractivity contribution >= 4 is 17.7 Å². The number of nitrogens with one attached hydrogen (secondary N) is 2. The van der Waals surface area contributed by atoms with Gasteiger partial charge in [0.25, 0.3) is 11.7 Å². The fraction of sp³-hybridized carbons (Fsp3) is 0.316. The first kappa shape index (κ1) is 18.4. The zero-order valence-corrected chi connectivity index (χ0v) is 14.8. The molecule has 0 unspecified atom stereocenters. The number of carbonyl (C=O) groups is 3. The van der Waals surface area contributed by atoms with Gasteiger partial charge in [-0.2, -0.15) is 0 Å². The Hall–Kier alpha value is -2.89. The van der Waals surface area contributed by atoms with E-state index in [9.17, 15) is 14.4 Å². The lowest BCUT2D eigenvalue weighted by Crippen LogP contribution is -2.36. The first-order valence-corrected chi connectivity index (χ1v) is 8.17. The summed E-state index contributed by atoms with van der Waals surface area (Å²) in [7, 11) is 0. The lowest BCUT2D eigenvalue weighted by molar-refractivity contribution is -0.117. The number of hydrogen-bond acceptors (Lipinski definition) is 4. The van der Waals surface area contributed by atoms with Crippen LogP contribution < -0.4 is 5.32 Å². The van der Waals surface area contributed by atoms with E-state index in [1.807, 2.05) is 6.07 Å². The average Bonchev–Trinajstić information content (AvgIpc) is 2.91. The summed E-state index contributed by atoms with van der Waals surface area (Å²) in [5.74, 6) is -1.96. The minimum atomic E-state index is -0.719. The maximum absolute atomic E-state index is 12.6. The van der Waals surface area contributed by atoms with E-state index >= 15 is 0 Å². The second kappa shape index (κ2) is 7.79. The van der Waals surface area contributed by atoms with Crippen LogP contribution in [0.2, 0.25) is 0 Å². The van der Waals surface area contributed by atoms with Crippen molar-refractivity contribution in [3.63, 3.8) is 0 Å². The number of ether oxygens (including phenoxy) is 1. The van der Waals surface area contributed by atoms with Crippen LogP contribution in [0, 0.1) is 6.92 Å². The maximum Gasteiger partial charge on any atom is 0.340 e. The molecule has 1 heterocycles. The molecule has 0 radical (unpaired) electrons. The molecule has 0 spiro atoms. The molecule has 6 heteroatoms. The number of H-pyrrole nitrogens is 1. The monoisotopic (exact) mass is 342 g/mol. The minimum Gasteiger partial charge on any atom is -0.462 e. The normalized spacial score (nSPS) is 10.6. The molecule has 1 aromatic heterocycles. The molecule has 0 saturated carbocycles. The van der Waals surface area contributed by atoms with Gasteiger partial charge in [-0.05, 0) is 33.3 Å². The summed E-state index contributed by atoms with van der Waals surface area (Å²) in [5, 5.41) is 2.58. The Bertz CT molecular complexity index is 791. The lowest BCUT2D eigenvalue weighted by Gasteiger charge is -2.09. The van der Waals surface area contributed by atoms with E-state index in [0.717, 1.165) is 0 Å². The molecular weight excluding hydrogens is 320 g/mol. The molecular formula is C19H22N2O4. The van der Waals surface area contributed by atoms with Gasteiger partial charge < -0.3 is 15.0 Å². The smallest absolute Gasteiger partial charge is 0.340 e. The summed E-state index contributed by atoms with van der Waals surface area (Å²) in [6.07, 6.45) is 0. The number of benzene rings is 1. The van der Waals surface area contributed by atoms with Crippen LogP contribution in [-0.2, 0) is 9.53 Å². The number of Topliss-reactive ketones (excluding diaryl/α,β-unsaturated/α-hetero) is 1. The van der Waals surface area contributed by atoms with Gasteiger partial charge >= 0.3 is 5.97 Å². The molecule has 0 aliphatic rings. The number of ketones is 1. The van der Waals surface area contributed by atoms with Gasteiger partial charge in [0.2, 0.25) is 0 Å². The minimum absolute atomic E-state index is 0.0879. The van der Waals surface area contributed by atoms with Crippen molar-refractivity contribution in [3.8, 4) is 11.1 Å². The Kier molecular flexibility index (Phi) is 5.75. The molecule has 0 aliphatic heterocycles. The molecule has 1 aromatic carbocycles. The van der Waals surface area contributed by atoms with Gasteiger partial charge in [-0.15, -0.1) is 0 Å². The predicted molar refractivity (Wildman–Crippen MR) is 94.5 cm³/mol. The Balaban J connectivity index is 2.61. The van der Waals surface area contributed by atoms with Gasteiger partial charge in [0.05, 0.1) is 12.2 Å². The van der Waals surface area contributed by atoms with Crippen molar-refractivity contribution < 1.29 is 19.1 Å². The SMILES string of the molecule is CCOC(=O)c1c(C)[nH]c(C(=O)C(=O)NC(C)C)c1-c1ccccc1. The van der Waals surface area contributed by atoms with Crippen molar-refractivity contribution in [2.75, 3.05) is 6.61 Å². The molecule has 6 nitrogen and oxygen atoms in total. The molecule has 0 fully saturated rings. The van der Waals surface area contributed by atoms with Crippen LogP contribution in [0.25, 0.3) is 11.1 Å². The highest BCUT2D eigenvalue weighted by atomic mass is 16.5. The Labute approximate surface area is 146 Å². The van der Waals surface area contributed by atoms with Crippen LogP contribution in [0.1, 0.15) is 47.3 Å². The van der Waals surface area contributed by atoms with Crippen molar-refractivity contribution in [2.24, 2.45) is 0 Å². The Morgan fingerprint density at radius 2 is 1.80 bits per heavy atom. The van der Waals surface area contributed by atoms with Crippen molar-refractivity contribution in [3.05, 3.63) is 47.3 Å². The van der Waals surface area contributed by atoms with Crippen LogP contribution in [0.15, 0.2) is 30.3 Å². The Morgan fingerprint density at radius 3 is 2.36 bits per heavy atom. The van der Waals surface area contributed by atoms with Crippen LogP contribution in [0.5, 0.6) is 0 Å². The lowest BCUT2D eigenvalue weighted by atomic mass is 9.98. The molecule has 0 bridgehead atoms. The molecule has 0 atom stereocenters. The summed E-state index contributed by atoms with van der Waals surface area (Å²) in [6.45, 7) is 7.15. The first-order chi connectivity index (χ1) is 11.9. The summed E-state index contributed by atoms with van der Waals surface area (Å²) in [4.78, 5) is 40.1. The zero-order chi connectivity index (χ0) is 18.6. The van der Waals surface area contributed by atoms with E-state index in [4.69, 9.17) is 4.74 Å². The highest BCUT2D eigenvalue weighted by Gasteiger charge is 2.29. The fourth-order valence-corrected chi connectivity index (χ4v) is 2.59. The first-order valence-electron chi connectivity index (χ1n) is 8.17. The van der Waals surface area contributed by atoms with Crippen molar-refractivity contribution in [2.45, 2.75) is 33.7 Å². The van der Waals surface area contributed by atoms with E-state index in [2.05, 4.69) is 10.3 Å². The van der Waals surface area contributed by atoms with Crippen LogP contribution in [-0.4, -0.2) is 35.3 Å². The third-order valence-corrected chi connectivity index (χ3v) is 3.58. The molecule has 2 rings (SSSR count). The quantitative estimate of drug-likeness (QED) is 0.480. The van der Waals surface area contributed by atoms with Gasteiger partial charge in [0.15, 0.2) is 0 Å². The number of aromatic nitrogens is 1. The molecule has 1 amide bonds. The van der Waals surface area contributed by atoms with Crippen LogP contribution in [0.3, 0.4) is 0 Å². The van der Waals surface area contributed by atoms with E-state index in [1.54, 1.807) is 52.0 Å². The van der Waals surface area contributed by atoms with Crippen LogP contribution in [0.4, 0.5) is 0 Å². The Morgan fingerprint density at radius 1 is 1.16 bits per heavy atom. The zero-order valence-electron chi connectivity index (χ0n) is 14.8. The molecule has 2 N–H and O–H groups in total. The molecule has 2 aromatic rings.